The van der Waals surface area contributed by atoms with Crippen LogP contribution in [0.15, 0.2) is 0 Å². The maximum Gasteiger partial charge on any atom is 0.406 e. The first-order valence-electron chi connectivity index (χ1n) is 5.88. The molecule has 98 valence electrons. The summed E-state index contributed by atoms with van der Waals surface area (Å²) in [4.78, 5) is 12.6. The highest BCUT2D eigenvalue weighted by atomic mass is 19.4. The minimum atomic E-state index is -4.66. The molecule has 0 radical (unpaired) electrons. The molecule has 1 saturated carbocycles. The number of alkyl halides is 3. The number of aliphatic carboxylic acids is 1. The normalized spacial score (nSPS) is 31.5. The van der Waals surface area contributed by atoms with Crippen LogP contribution in [-0.2, 0) is 4.79 Å². The fourth-order valence-electron chi connectivity index (χ4n) is 2.61. The molecule has 1 N–H and O–H groups in total. The number of rotatable bonds is 3. The van der Waals surface area contributed by atoms with Gasteiger partial charge in [0.05, 0.1) is 0 Å². The highest BCUT2D eigenvalue weighted by molar-refractivity contribution is 5.76. The third kappa shape index (κ3) is 2.14. The van der Waals surface area contributed by atoms with Crippen molar-refractivity contribution >= 4 is 5.97 Å². The molecule has 2 rings (SSSR count). The van der Waals surface area contributed by atoms with E-state index in [2.05, 4.69) is 0 Å². The lowest BCUT2D eigenvalue weighted by Gasteiger charge is -2.31. The van der Waals surface area contributed by atoms with Crippen molar-refractivity contribution in [3.05, 3.63) is 0 Å². The second-order valence-corrected chi connectivity index (χ2v) is 5.17. The summed E-state index contributed by atoms with van der Waals surface area (Å²) in [6, 6.07) is 0. The molecule has 0 aromatic rings. The molecular formula is C11H16F3NO2. The van der Waals surface area contributed by atoms with E-state index in [1.54, 1.807) is 4.90 Å². The lowest BCUT2D eigenvalue weighted by atomic mass is 9.84. The van der Waals surface area contributed by atoms with Crippen LogP contribution in [0.3, 0.4) is 0 Å². The van der Waals surface area contributed by atoms with Crippen LogP contribution in [0.25, 0.3) is 0 Å². The van der Waals surface area contributed by atoms with Gasteiger partial charge in [0.1, 0.15) is 0 Å². The number of halogens is 3. The van der Waals surface area contributed by atoms with Gasteiger partial charge in [-0.3, -0.25) is 4.79 Å². The molecule has 6 heteroatoms. The topological polar surface area (TPSA) is 40.5 Å². The molecule has 0 bridgehead atoms. The first kappa shape index (κ1) is 12.7. The molecule has 2 aliphatic rings. The number of carboxylic acid groups (broad SMARTS) is 1. The van der Waals surface area contributed by atoms with Gasteiger partial charge in [-0.15, -0.1) is 0 Å². The van der Waals surface area contributed by atoms with Crippen LogP contribution in [0, 0.1) is 11.3 Å². The number of likely N-dealkylation sites (tertiary alicyclic amines) is 1. The zero-order chi connectivity index (χ0) is 12.7. The molecule has 17 heavy (non-hydrogen) atoms. The van der Waals surface area contributed by atoms with Gasteiger partial charge in [-0.1, -0.05) is 6.42 Å². The van der Waals surface area contributed by atoms with E-state index in [0.717, 1.165) is 19.3 Å². The average Bonchev–Trinajstić information content (AvgIpc) is 2.55. The van der Waals surface area contributed by atoms with Gasteiger partial charge < -0.3 is 10.0 Å². The number of carboxylic acids is 1. The summed E-state index contributed by atoms with van der Waals surface area (Å²) in [7, 11) is 0. The zero-order valence-electron chi connectivity index (χ0n) is 9.46. The van der Waals surface area contributed by atoms with Gasteiger partial charge in [-0.05, 0) is 31.7 Å². The molecule has 1 heterocycles. The van der Waals surface area contributed by atoms with Gasteiger partial charge in [0, 0.05) is 13.1 Å². The fourth-order valence-corrected chi connectivity index (χ4v) is 2.61. The Morgan fingerprint density at radius 1 is 1.41 bits per heavy atom. The summed E-state index contributed by atoms with van der Waals surface area (Å²) in [6.07, 6.45) is -1.72. The van der Waals surface area contributed by atoms with E-state index in [4.69, 9.17) is 5.11 Å². The summed E-state index contributed by atoms with van der Waals surface area (Å²) >= 11 is 0. The second kappa shape index (κ2) is 4.15. The van der Waals surface area contributed by atoms with Crippen molar-refractivity contribution in [2.75, 3.05) is 19.6 Å². The Kier molecular flexibility index (Phi) is 3.10. The highest BCUT2D eigenvalue weighted by Crippen LogP contribution is 2.46. The van der Waals surface area contributed by atoms with Crippen LogP contribution in [0.1, 0.15) is 25.7 Å². The van der Waals surface area contributed by atoms with Crippen molar-refractivity contribution in [3.63, 3.8) is 0 Å². The number of hydrogen-bond acceptors (Lipinski definition) is 2. The third-order valence-electron chi connectivity index (χ3n) is 4.04. The lowest BCUT2D eigenvalue weighted by Crippen LogP contribution is -2.47. The van der Waals surface area contributed by atoms with Gasteiger partial charge in [0.25, 0.3) is 0 Å². The Balaban J connectivity index is 2.03. The molecule has 1 aliphatic heterocycles. The first-order chi connectivity index (χ1) is 7.85. The van der Waals surface area contributed by atoms with Crippen LogP contribution in [0.2, 0.25) is 0 Å². The minimum Gasteiger partial charge on any atom is -0.481 e. The largest absolute Gasteiger partial charge is 0.481 e. The van der Waals surface area contributed by atoms with Crippen molar-refractivity contribution in [2.24, 2.45) is 11.3 Å². The molecule has 1 atom stereocenters. The van der Waals surface area contributed by atoms with Crippen molar-refractivity contribution in [3.8, 4) is 0 Å². The lowest BCUT2D eigenvalue weighted by molar-refractivity contribution is -0.227. The van der Waals surface area contributed by atoms with Gasteiger partial charge in [-0.25, -0.2) is 0 Å². The Morgan fingerprint density at radius 2 is 2.06 bits per heavy atom. The van der Waals surface area contributed by atoms with Gasteiger partial charge >= 0.3 is 12.1 Å². The molecule has 1 aliphatic carbocycles. The van der Waals surface area contributed by atoms with E-state index in [0.29, 0.717) is 12.5 Å². The van der Waals surface area contributed by atoms with E-state index in [1.807, 2.05) is 0 Å². The molecule has 0 aromatic carbocycles. The van der Waals surface area contributed by atoms with Gasteiger partial charge in [0.15, 0.2) is 5.41 Å². The van der Waals surface area contributed by atoms with E-state index in [1.165, 1.54) is 0 Å². The van der Waals surface area contributed by atoms with Gasteiger partial charge in [-0.2, -0.15) is 13.2 Å². The summed E-state index contributed by atoms with van der Waals surface area (Å²) < 4.78 is 38.6. The van der Waals surface area contributed by atoms with E-state index < -0.39 is 17.6 Å². The molecule has 2 fully saturated rings. The number of nitrogens with zero attached hydrogens (tertiary/aromatic N) is 1. The van der Waals surface area contributed by atoms with E-state index in [-0.39, 0.29) is 19.5 Å². The molecule has 1 unspecified atom stereocenters. The Hall–Kier alpha value is -0.780. The molecule has 0 aromatic heterocycles. The summed E-state index contributed by atoms with van der Waals surface area (Å²) in [6.45, 7) is 0.468. The zero-order valence-corrected chi connectivity index (χ0v) is 9.46. The van der Waals surface area contributed by atoms with Crippen molar-refractivity contribution in [1.82, 2.24) is 4.90 Å². The monoisotopic (exact) mass is 251 g/mol. The molecular weight excluding hydrogens is 235 g/mol. The molecule has 0 amide bonds. The van der Waals surface area contributed by atoms with Crippen LogP contribution in [-0.4, -0.2) is 41.8 Å². The second-order valence-electron chi connectivity index (χ2n) is 5.17. The number of carbonyl (C=O) groups is 1. The van der Waals surface area contributed by atoms with E-state index in [9.17, 15) is 18.0 Å². The smallest absolute Gasteiger partial charge is 0.406 e. The molecule has 0 spiro atoms. The minimum absolute atomic E-state index is 0.238. The summed E-state index contributed by atoms with van der Waals surface area (Å²) in [5.74, 6) is -1.27. The first-order valence-corrected chi connectivity index (χ1v) is 5.88. The van der Waals surface area contributed by atoms with E-state index >= 15 is 0 Å². The Bertz CT molecular complexity index is 314. The summed E-state index contributed by atoms with van der Waals surface area (Å²) in [5.41, 5.74) is -2.54. The number of hydrogen-bond donors (Lipinski definition) is 1. The predicted molar refractivity (Wildman–Crippen MR) is 54.5 cm³/mol. The Labute approximate surface area is 97.6 Å². The highest BCUT2D eigenvalue weighted by Gasteiger charge is 2.63. The maximum atomic E-state index is 12.9. The molecule has 3 nitrogen and oxygen atoms in total. The van der Waals surface area contributed by atoms with Crippen molar-refractivity contribution in [1.29, 1.82) is 0 Å². The maximum absolute atomic E-state index is 12.9. The summed E-state index contributed by atoms with van der Waals surface area (Å²) in [5, 5.41) is 8.88. The van der Waals surface area contributed by atoms with Crippen molar-refractivity contribution in [2.45, 2.75) is 31.9 Å². The van der Waals surface area contributed by atoms with Crippen LogP contribution in [0.5, 0.6) is 0 Å². The average molecular weight is 251 g/mol. The fraction of sp³-hybridized carbons (Fsp3) is 0.909. The van der Waals surface area contributed by atoms with Crippen LogP contribution < -0.4 is 0 Å². The quantitative estimate of drug-likeness (QED) is 0.835. The standard InChI is InChI=1S/C11H16F3NO2/c12-11(13,14)10(9(16)17)4-5-15(7-10)6-8-2-1-3-8/h8H,1-7H2,(H,16,17). The third-order valence-corrected chi connectivity index (χ3v) is 4.04. The molecule has 1 saturated heterocycles. The van der Waals surface area contributed by atoms with Crippen molar-refractivity contribution < 1.29 is 23.1 Å². The SMILES string of the molecule is O=C(O)C1(C(F)(F)F)CCN(CC2CCC2)C1. The Morgan fingerprint density at radius 3 is 2.41 bits per heavy atom. The van der Waals surface area contributed by atoms with Gasteiger partial charge in [0.2, 0.25) is 0 Å². The van der Waals surface area contributed by atoms with Crippen LogP contribution in [0.4, 0.5) is 13.2 Å². The predicted octanol–water partition coefficient (Wildman–Crippen LogP) is 2.13. The van der Waals surface area contributed by atoms with Crippen LogP contribution >= 0.6 is 0 Å².